The van der Waals surface area contributed by atoms with E-state index in [4.69, 9.17) is 0 Å². The lowest BCUT2D eigenvalue weighted by Gasteiger charge is -2.06. The molecule has 0 saturated carbocycles. The van der Waals surface area contributed by atoms with Crippen molar-refractivity contribution in [2.45, 2.75) is 6.42 Å². The number of carbonyl (C=O) groups is 1. The van der Waals surface area contributed by atoms with Crippen molar-refractivity contribution in [2.75, 3.05) is 20.8 Å². The molecule has 0 aromatic heterocycles. The summed E-state index contributed by atoms with van der Waals surface area (Å²) in [5.41, 5.74) is 0. The van der Waals surface area contributed by atoms with Crippen LogP contribution in [0.2, 0.25) is 0 Å². The lowest BCUT2D eigenvalue weighted by atomic mass is 10.4. The maximum atomic E-state index is 11.4. The van der Waals surface area contributed by atoms with E-state index in [0.29, 0.717) is 0 Å². The molecular weight excluding hydrogens is 109 g/mol. The summed E-state index contributed by atoms with van der Waals surface area (Å²) in [5.74, 6) is -0.160. The van der Waals surface area contributed by atoms with Gasteiger partial charge in [-0.3, -0.25) is 9.18 Å². The second kappa shape index (κ2) is 3.41. The second-order valence-electron chi connectivity index (χ2n) is 1.73. The molecule has 0 unspecified atom stereocenters. The molecule has 0 atom stereocenters. The molecule has 0 spiro atoms. The van der Waals surface area contributed by atoms with E-state index in [2.05, 4.69) is 0 Å². The summed E-state index contributed by atoms with van der Waals surface area (Å²) in [6.07, 6.45) is 0.00694. The first-order chi connectivity index (χ1) is 3.68. The van der Waals surface area contributed by atoms with Gasteiger partial charge in [0.25, 0.3) is 0 Å². The van der Waals surface area contributed by atoms with E-state index < -0.39 is 6.67 Å². The maximum Gasteiger partial charge on any atom is 0.224 e. The van der Waals surface area contributed by atoms with Crippen LogP contribution in [0.25, 0.3) is 0 Å². The fraction of sp³-hybridized carbons (Fsp3) is 0.800. The molecule has 0 heterocycles. The van der Waals surface area contributed by atoms with Gasteiger partial charge in [-0.25, -0.2) is 0 Å². The Morgan fingerprint density at radius 3 is 2.25 bits per heavy atom. The van der Waals surface area contributed by atoms with E-state index in [1.165, 1.54) is 4.90 Å². The first-order valence-electron chi connectivity index (χ1n) is 2.44. The molecule has 0 aliphatic carbocycles. The van der Waals surface area contributed by atoms with E-state index in [9.17, 15) is 9.18 Å². The highest BCUT2D eigenvalue weighted by molar-refractivity contribution is 5.75. The van der Waals surface area contributed by atoms with E-state index in [1.807, 2.05) is 0 Å². The molecule has 8 heavy (non-hydrogen) atoms. The van der Waals surface area contributed by atoms with Crippen molar-refractivity contribution in [3.05, 3.63) is 0 Å². The van der Waals surface area contributed by atoms with Gasteiger partial charge in [0.2, 0.25) is 5.91 Å². The van der Waals surface area contributed by atoms with Gasteiger partial charge in [-0.1, -0.05) is 0 Å². The normalized spacial score (nSPS) is 8.88. The second-order valence-corrected chi connectivity index (χ2v) is 1.73. The minimum absolute atomic E-state index is 0.00694. The minimum Gasteiger partial charge on any atom is -0.349 e. The van der Waals surface area contributed by atoms with Gasteiger partial charge in [0.1, 0.15) is 0 Å². The summed E-state index contributed by atoms with van der Waals surface area (Å²) >= 11 is 0. The van der Waals surface area contributed by atoms with Crippen molar-refractivity contribution in [3.63, 3.8) is 0 Å². The van der Waals surface area contributed by atoms with E-state index in [0.717, 1.165) is 0 Å². The zero-order valence-corrected chi connectivity index (χ0v) is 5.15. The van der Waals surface area contributed by atoms with Gasteiger partial charge in [-0.05, 0) is 0 Å². The molecule has 0 radical (unpaired) electrons. The smallest absolute Gasteiger partial charge is 0.224 e. The number of alkyl halides is 1. The van der Waals surface area contributed by atoms with Crippen LogP contribution in [-0.4, -0.2) is 31.6 Å². The SMILES string of the molecule is CN(C)C(=O)CCF. The average molecular weight is 119 g/mol. The highest BCUT2D eigenvalue weighted by atomic mass is 19.1. The van der Waals surface area contributed by atoms with Crippen molar-refractivity contribution in [1.82, 2.24) is 4.90 Å². The van der Waals surface area contributed by atoms with Crippen LogP contribution in [-0.2, 0) is 4.79 Å². The van der Waals surface area contributed by atoms with Crippen LogP contribution in [0.1, 0.15) is 6.42 Å². The Hall–Kier alpha value is -0.600. The van der Waals surface area contributed by atoms with Crippen molar-refractivity contribution in [2.24, 2.45) is 0 Å². The van der Waals surface area contributed by atoms with E-state index in [-0.39, 0.29) is 12.3 Å². The first-order valence-corrected chi connectivity index (χ1v) is 2.44. The van der Waals surface area contributed by atoms with Gasteiger partial charge in [0, 0.05) is 14.1 Å². The molecule has 0 N–H and O–H groups in total. The number of hydrogen-bond donors (Lipinski definition) is 0. The zero-order valence-electron chi connectivity index (χ0n) is 5.15. The van der Waals surface area contributed by atoms with Gasteiger partial charge >= 0.3 is 0 Å². The number of rotatable bonds is 2. The fourth-order valence-corrected chi connectivity index (χ4v) is 0.304. The summed E-state index contributed by atoms with van der Waals surface area (Å²) < 4.78 is 11.4. The molecule has 2 nitrogen and oxygen atoms in total. The summed E-state index contributed by atoms with van der Waals surface area (Å²) in [5, 5.41) is 0. The molecule has 0 aliphatic heterocycles. The van der Waals surface area contributed by atoms with Crippen LogP contribution in [0.4, 0.5) is 4.39 Å². The Bertz CT molecular complexity index is 82.5. The molecule has 48 valence electrons. The molecule has 0 bridgehead atoms. The third-order valence-electron chi connectivity index (χ3n) is 0.807. The predicted octanol–water partition coefficient (Wildman–Crippen LogP) is 0.434. The Balaban J connectivity index is 3.33. The van der Waals surface area contributed by atoms with E-state index >= 15 is 0 Å². The highest BCUT2D eigenvalue weighted by Crippen LogP contribution is 1.85. The van der Waals surface area contributed by atoms with Crippen LogP contribution in [0.15, 0.2) is 0 Å². The van der Waals surface area contributed by atoms with Crippen molar-refractivity contribution < 1.29 is 9.18 Å². The van der Waals surface area contributed by atoms with E-state index in [1.54, 1.807) is 14.1 Å². The summed E-state index contributed by atoms with van der Waals surface area (Å²) in [6.45, 7) is -0.559. The summed E-state index contributed by atoms with van der Waals surface area (Å²) in [7, 11) is 3.22. The maximum absolute atomic E-state index is 11.4. The van der Waals surface area contributed by atoms with Gasteiger partial charge in [-0.15, -0.1) is 0 Å². The Morgan fingerprint density at radius 2 is 2.12 bits per heavy atom. The highest BCUT2D eigenvalue weighted by Gasteiger charge is 2.00. The number of halogens is 1. The third kappa shape index (κ3) is 2.55. The largest absolute Gasteiger partial charge is 0.349 e. The Morgan fingerprint density at radius 1 is 1.62 bits per heavy atom. The molecule has 0 aromatic carbocycles. The van der Waals surface area contributed by atoms with Crippen LogP contribution in [0.3, 0.4) is 0 Å². The molecule has 0 saturated heterocycles. The molecule has 0 aliphatic rings. The van der Waals surface area contributed by atoms with Crippen LogP contribution < -0.4 is 0 Å². The van der Waals surface area contributed by atoms with Crippen LogP contribution in [0, 0.1) is 0 Å². The van der Waals surface area contributed by atoms with Crippen molar-refractivity contribution >= 4 is 5.91 Å². The van der Waals surface area contributed by atoms with Crippen molar-refractivity contribution in [3.8, 4) is 0 Å². The standard InChI is InChI=1S/C5H10FNO/c1-7(2)5(8)3-4-6/h3-4H2,1-2H3. The quantitative estimate of drug-likeness (QED) is 0.516. The number of nitrogens with zero attached hydrogens (tertiary/aromatic N) is 1. The number of amides is 1. The van der Waals surface area contributed by atoms with Crippen molar-refractivity contribution in [1.29, 1.82) is 0 Å². The fourth-order valence-electron chi connectivity index (χ4n) is 0.304. The Kier molecular flexibility index (Phi) is 3.15. The summed E-state index contributed by atoms with van der Waals surface area (Å²) in [4.78, 5) is 11.8. The van der Waals surface area contributed by atoms with Gasteiger partial charge in [0.15, 0.2) is 0 Å². The van der Waals surface area contributed by atoms with Gasteiger partial charge in [-0.2, -0.15) is 0 Å². The number of carbonyl (C=O) groups excluding carboxylic acids is 1. The molecule has 1 amide bonds. The Labute approximate surface area is 48.3 Å². The average Bonchev–Trinajstić information content (AvgIpc) is 1.67. The molecule has 0 rings (SSSR count). The number of hydrogen-bond acceptors (Lipinski definition) is 1. The van der Waals surface area contributed by atoms with Gasteiger partial charge < -0.3 is 4.90 Å². The topological polar surface area (TPSA) is 20.3 Å². The van der Waals surface area contributed by atoms with Gasteiger partial charge in [0.05, 0.1) is 13.1 Å². The molecule has 0 aromatic rings. The zero-order chi connectivity index (χ0) is 6.57. The lowest BCUT2D eigenvalue weighted by Crippen LogP contribution is -2.21. The summed E-state index contributed by atoms with van der Waals surface area (Å²) in [6, 6.07) is 0. The lowest BCUT2D eigenvalue weighted by molar-refractivity contribution is -0.128. The molecule has 3 heteroatoms. The third-order valence-corrected chi connectivity index (χ3v) is 0.807. The van der Waals surface area contributed by atoms with Crippen LogP contribution >= 0.6 is 0 Å². The van der Waals surface area contributed by atoms with Crippen LogP contribution in [0.5, 0.6) is 0 Å². The monoisotopic (exact) mass is 119 g/mol. The molecular formula is C5H10FNO. The minimum atomic E-state index is -0.559. The molecule has 0 fully saturated rings. The first kappa shape index (κ1) is 7.40. The predicted molar refractivity (Wildman–Crippen MR) is 29.3 cm³/mol.